The highest BCUT2D eigenvalue weighted by molar-refractivity contribution is 5.54. The summed E-state index contributed by atoms with van der Waals surface area (Å²) in [6, 6.07) is 9.91. The SMILES string of the molecule is COC(OC)c1cnc(-c2ccccc2)[nH]1. The highest BCUT2D eigenvalue weighted by atomic mass is 16.7. The molecule has 2 aromatic rings. The maximum absolute atomic E-state index is 5.14. The van der Waals surface area contributed by atoms with Crippen molar-refractivity contribution < 1.29 is 9.47 Å². The first kappa shape index (κ1) is 10.9. The zero-order valence-corrected chi connectivity index (χ0v) is 9.31. The van der Waals surface area contributed by atoms with E-state index in [1.165, 1.54) is 0 Å². The second-order valence-corrected chi connectivity index (χ2v) is 3.36. The van der Waals surface area contributed by atoms with Crippen molar-refractivity contribution in [3.63, 3.8) is 0 Å². The van der Waals surface area contributed by atoms with E-state index in [0.717, 1.165) is 17.1 Å². The van der Waals surface area contributed by atoms with Crippen LogP contribution in [0.15, 0.2) is 36.5 Å². The van der Waals surface area contributed by atoms with Crippen LogP contribution in [0, 0.1) is 0 Å². The van der Waals surface area contributed by atoms with Gasteiger partial charge in [0.25, 0.3) is 0 Å². The summed E-state index contributed by atoms with van der Waals surface area (Å²) in [6.07, 6.45) is 1.32. The Morgan fingerprint density at radius 3 is 2.44 bits per heavy atom. The van der Waals surface area contributed by atoms with Gasteiger partial charge >= 0.3 is 0 Å². The van der Waals surface area contributed by atoms with Gasteiger partial charge in [-0.05, 0) is 0 Å². The van der Waals surface area contributed by atoms with Crippen LogP contribution in [0.3, 0.4) is 0 Å². The van der Waals surface area contributed by atoms with E-state index in [1.807, 2.05) is 30.3 Å². The van der Waals surface area contributed by atoms with Crippen molar-refractivity contribution in [1.82, 2.24) is 9.97 Å². The van der Waals surface area contributed by atoms with Crippen molar-refractivity contribution in [2.75, 3.05) is 14.2 Å². The van der Waals surface area contributed by atoms with Gasteiger partial charge < -0.3 is 14.5 Å². The van der Waals surface area contributed by atoms with E-state index >= 15 is 0 Å². The average Bonchev–Trinajstić information content (AvgIpc) is 2.81. The minimum Gasteiger partial charge on any atom is -0.350 e. The van der Waals surface area contributed by atoms with E-state index in [1.54, 1.807) is 20.4 Å². The number of hydrogen-bond acceptors (Lipinski definition) is 3. The molecule has 0 aliphatic heterocycles. The highest BCUT2D eigenvalue weighted by Crippen LogP contribution is 2.20. The van der Waals surface area contributed by atoms with Crippen molar-refractivity contribution >= 4 is 0 Å². The van der Waals surface area contributed by atoms with Crippen LogP contribution in [0.1, 0.15) is 12.0 Å². The molecule has 4 nitrogen and oxygen atoms in total. The number of methoxy groups -OCH3 is 2. The average molecular weight is 218 g/mol. The predicted molar refractivity (Wildman–Crippen MR) is 60.8 cm³/mol. The van der Waals surface area contributed by atoms with Gasteiger partial charge in [-0.25, -0.2) is 4.98 Å². The zero-order chi connectivity index (χ0) is 11.4. The van der Waals surface area contributed by atoms with Crippen LogP contribution in [-0.2, 0) is 9.47 Å². The number of nitrogens with one attached hydrogen (secondary N) is 1. The standard InChI is InChI=1S/C12H14N2O2/c1-15-12(16-2)10-8-13-11(14-10)9-6-4-3-5-7-9/h3-8,12H,1-2H3,(H,13,14). The molecule has 0 atom stereocenters. The molecule has 0 unspecified atom stereocenters. The molecule has 0 radical (unpaired) electrons. The lowest BCUT2D eigenvalue weighted by atomic mass is 10.2. The Morgan fingerprint density at radius 2 is 1.81 bits per heavy atom. The number of imidazole rings is 1. The van der Waals surface area contributed by atoms with Gasteiger partial charge in [0.1, 0.15) is 5.82 Å². The Labute approximate surface area is 94.2 Å². The molecule has 2 rings (SSSR count). The Hall–Kier alpha value is -1.65. The first-order chi connectivity index (χ1) is 7.85. The monoisotopic (exact) mass is 218 g/mol. The fourth-order valence-corrected chi connectivity index (χ4v) is 1.55. The molecule has 1 aromatic carbocycles. The summed E-state index contributed by atoms with van der Waals surface area (Å²) < 4.78 is 10.3. The molecular formula is C12H14N2O2. The number of aromatic nitrogens is 2. The lowest BCUT2D eigenvalue weighted by molar-refractivity contribution is -0.108. The number of benzene rings is 1. The van der Waals surface area contributed by atoms with Crippen LogP contribution >= 0.6 is 0 Å². The molecule has 0 aliphatic rings. The van der Waals surface area contributed by atoms with Crippen molar-refractivity contribution in [2.24, 2.45) is 0 Å². The fourth-order valence-electron chi connectivity index (χ4n) is 1.55. The lowest BCUT2D eigenvalue weighted by Gasteiger charge is -2.10. The summed E-state index contributed by atoms with van der Waals surface area (Å²) in [5, 5.41) is 0. The van der Waals surface area contributed by atoms with Crippen LogP contribution in [0.25, 0.3) is 11.4 Å². The number of aromatic amines is 1. The van der Waals surface area contributed by atoms with Gasteiger partial charge in [0.05, 0.1) is 11.9 Å². The third kappa shape index (κ3) is 2.13. The molecule has 84 valence electrons. The second kappa shape index (κ2) is 4.92. The first-order valence-corrected chi connectivity index (χ1v) is 5.01. The van der Waals surface area contributed by atoms with E-state index in [4.69, 9.17) is 9.47 Å². The predicted octanol–water partition coefficient (Wildman–Crippen LogP) is 2.37. The van der Waals surface area contributed by atoms with Gasteiger partial charge in [0.15, 0.2) is 6.29 Å². The van der Waals surface area contributed by atoms with E-state index in [2.05, 4.69) is 9.97 Å². The van der Waals surface area contributed by atoms with Gasteiger partial charge in [0, 0.05) is 19.8 Å². The molecule has 4 heteroatoms. The minimum atomic E-state index is -0.398. The van der Waals surface area contributed by atoms with Crippen LogP contribution in [0.5, 0.6) is 0 Å². The van der Waals surface area contributed by atoms with E-state index in [9.17, 15) is 0 Å². The maximum atomic E-state index is 5.14. The summed E-state index contributed by atoms with van der Waals surface area (Å²) in [5.74, 6) is 0.815. The van der Waals surface area contributed by atoms with Crippen molar-refractivity contribution in [1.29, 1.82) is 0 Å². The Morgan fingerprint density at radius 1 is 1.12 bits per heavy atom. The summed E-state index contributed by atoms with van der Waals surface area (Å²) in [7, 11) is 3.19. The van der Waals surface area contributed by atoms with Gasteiger partial charge in [-0.2, -0.15) is 0 Å². The quantitative estimate of drug-likeness (QED) is 0.801. The number of hydrogen-bond donors (Lipinski definition) is 1. The highest BCUT2D eigenvalue weighted by Gasteiger charge is 2.12. The molecule has 0 saturated carbocycles. The topological polar surface area (TPSA) is 47.1 Å². The molecule has 1 heterocycles. The summed E-state index contributed by atoms with van der Waals surface area (Å²) in [6.45, 7) is 0. The van der Waals surface area contributed by atoms with Gasteiger partial charge in [-0.1, -0.05) is 30.3 Å². The van der Waals surface area contributed by atoms with Gasteiger partial charge in [-0.3, -0.25) is 0 Å². The van der Waals surface area contributed by atoms with Gasteiger partial charge in [-0.15, -0.1) is 0 Å². The molecule has 0 fully saturated rings. The Bertz CT molecular complexity index is 435. The Balaban J connectivity index is 2.26. The lowest BCUT2D eigenvalue weighted by Crippen LogP contribution is -2.03. The summed E-state index contributed by atoms with van der Waals surface area (Å²) >= 11 is 0. The van der Waals surface area contributed by atoms with Crippen molar-refractivity contribution in [2.45, 2.75) is 6.29 Å². The first-order valence-electron chi connectivity index (χ1n) is 5.01. The molecule has 1 aromatic heterocycles. The van der Waals surface area contributed by atoms with Gasteiger partial charge in [0.2, 0.25) is 0 Å². The molecule has 16 heavy (non-hydrogen) atoms. The molecule has 0 amide bonds. The molecule has 0 aliphatic carbocycles. The Kier molecular flexibility index (Phi) is 3.34. The molecule has 1 N–H and O–H groups in total. The molecule has 0 spiro atoms. The number of H-pyrrole nitrogens is 1. The maximum Gasteiger partial charge on any atom is 0.199 e. The smallest absolute Gasteiger partial charge is 0.199 e. The fraction of sp³-hybridized carbons (Fsp3) is 0.250. The summed E-state index contributed by atoms with van der Waals surface area (Å²) in [4.78, 5) is 7.46. The zero-order valence-electron chi connectivity index (χ0n) is 9.31. The number of nitrogens with zero attached hydrogens (tertiary/aromatic N) is 1. The molecule has 0 saturated heterocycles. The van der Waals surface area contributed by atoms with E-state index in [0.29, 0.717) is 0 Å². The van der Waals surface area contributed by atoms with Crippen molar-refractivity contribution in [3.8, 4) is 11.4 Å². The van der Waals surface area contributed by atoms with Crippen LogP contribution in [-0.4, -0.2) is 24.2 Å². The van der Waals surface area contributed by atoms with Crippen LogP contribution in [0.2, 0.25) is 0 Å². The van der Waals surface area contributed by atoms with E-state index < -0.39 is 6.29 Å². The number of ether oxygens (including phenoxy) is 2. The van der Waals surface area contributed by atoms with Crippen LogP contribution in [0.4, 0.5) is 0 Å². The largest absolute Gasteiger partial charge is 0.350 e. The third-order valence-electron chi connectivity index (χ3n) is 2.32. The summed E-state index contributed by atoms with van der Waals surface area (Å²) in [5.41, 5.74) is 1.85. The minimum absolute atomic E-state index is 0.398. The second-order valence-electron chi connectivity index (χ2n) is 3.36. The third-order valence-corrected chi connectivity index (χ3v) is 2.32. The molecule has 0 bridgehead atoms. The van der Waals surface area contributed by atoms with E-state index in [-0.39, 0.29) is 0 Å². The van der Waals surface area contributed by atoms with Crippen molar-refractivity contribution in [3.05, 3.63) is 42.2 Å². The van der Waals surface area contributed by atoms with Crippen LogP contribution < -0.4 is 0 Å². The molecular weight excluding hydrogens is 204 g/mol. The normalized spacial score (nSPS) is 10.9. The number of rotatable bonds is 4.